The monoisotopic (exact) mass is 402 g/mol. The molecule has 0 fully saturated rings. The predicted octanol–water partition coefficient (Wildman–Crippen LogP) is 3.16. The van der Waals surface area contributed by atoms with Crippen molar-refractivity contribution in [3.05, 3.63) is 66.5 Å². The topological polar surface area (TPSA) is 98.4 Å². The summed E-state index contributed by atoms with van der Waals surface area (Å²) >= 11 is 0. The molecule has 4 aromatic rings. The van der Waals surface area contributed by atoms with Crippen molar-refractivity contribution in [3.8, 4) is 28.5 Å². The van der Waals surface area contributed by atoms with Crippen LogP contribution in [0.2, 0.25) is 0 Å². The molecule has 0 aliphatic carbocycles. The Morgan fingerprint density at radius 1 is 1.10 bits per heavy atom. The van der Waals surface area contributed by atoms with Gasteiger partial charge in [-0.15, -0.1) is 0 Å². The van der Waals surface area contributed by atoms with Crippen molar-refractivity contribution >= 4 is 16.8 Å². The normalized spacial score (nSPS) is 12.1. The van der Waals surface area contributed by atoms with Crippen LogP contribution in [0.1, 0.15) is 10.5 Å². The average Bonchev–Trinajstić information content (AvgIpc) is 3.46. The summed E-state index contributed by atoms with van der Waals surface area (Å²) < 4.78 is 16.5. The van der Waals surface area contributed by atoms with Gasteiger partial charge in [0.2, 0.25) is 6.79 Å². The van der Waals surface area contributed by atoms with Crippen molar-refractivity contribution in [3.63, 3.8) is 0 Å². The second-order valence-electron chi connectivity index (χ2n) is 6.67. The second kappa shape index (κ2) is 7.75. The first kappa shape index (κ1) is 18.0. The maximum atomic E-state index is 12.4. The van der Waals surface area contributed by atoms with E-state index >= 15 is 0 Å². The van der Waals surface area contributed by atoms with E-state index in [0.29, 0.717) is 41.8 Å². The molecular weight excluding hydrogens is 384 g/mol. The number of H-pyrrole nitrogens is 1. The molecule has 2 N–H and O–H groups in total. The van der Waals surface area contributed by atoms with Crippen LogP contribution in [0.3, 0.4) is 0 Å². The van der Waals surface area contributed by atoms with Gasteiger partial charge in [0, 0.05) is 17.1 Å². The fourth-order valence-corrected chi connectivity index (χ4v) is 3.26. The molecular formula is C22H18N4O4. The number of nitrogens with zero attached hydrogens (tertiary/aromatic N) is 2. The average molecular weight is 402 g/mol. The summed E-state index contributed by atoms with van der Waals surface area (Å²) in [6.07, 6.45) is 1.73. The van der Waals surface area contributed by atoms with Crippen LogP contribution >= 0.6 is 0 Å². The number of aromatic nitrogens is 3. The summed E-state index contributed by atoms with van der Waals surface area (Å²) in [5.41, 5.74) is 2.65. The molecule has 8 heteroatoms. The van der Waals surface area contributed by atoms with E-state index in [1.54, 1.807) is 12.3 Å². The smallest absolute Gasteiger partial charge is 0.269 e. The van der Waals surface area contributed by atoms with Gasteiger partial charge in [0.15, 0.2) is 11.5 Å². The Hall–Kier alpha value is -4.07. The Morgan fingerprint density at radius 2 is 2.00 bits per heavy atom. The molecule has 0 saturated heterocycles. The first-order chi connectivity index (χ1) is 14.8. The number of hydrogen-bond donors (Lipinski definition) is 2. The number of carbonyl (C=O) groups is 1. The van der Waals surface area contributed by atoms with Gasteiger partial charge < -0.3 is 19.5 Å². The van der Waals surface area contributed by atoms with Crippen LogP contribution in [-0.2, 0) is 0 Å². The number of amides is 1. The third-order valence-electron chi connectivity index (χ3n) is 4.73. The SMILES string of the molecule is O=C(NCCOc1cccc2cccnc12)c1cc(-c2ccc3c(c2)OCO3)n[nH]1. The number of hydrogen-bond acceptors (Lipinski definition) is 6. The molecule has 150 valence electrons. The number of carbonyl (C=O) groups excluding carboxylic acids is 1. The third kappa shape index (κ3) is 3.50. The number of nitrogens with one attached hydrogen (secondary N) is 2. The number of pyridine rings is 1. The molecule has 0 atom stereocenters. The van der Waals surface area contributed by atoms with Crippen LogP contribution in [0, 0.1) is 0 Å². The minimum Gasteiger partial charge on any atom is -0.489 e. The largest absolute Gasteiger partial charge is 0.489 e. The van der Waals surface area contributed by atoms with Crippen molar-refractivity contribution in [1.29, 1.82) is 0 Å². The van der Waals surface area contributed by atoms with Gasteiger partial charge in [0.05, 0.1) is 12.2 Å². The molecule has 0 spiro atoms. The number of para-hydroxylation sites is 1. The molecule has 5 rings (SSSR count). The van der Waals surface area contributed by atoms with Crippen LogP contribution in [-0.4, -0.2) is 41.0 Å². The lowest BCUT2D eigenvalue weighted by atomic mass is 10.1. The summed E-state index contributed by atoms with van der Waals surface area (Å²) in [5.74, 6) is 1.80. The fraction of sp³-hybridized carbons (Fsp3) is 0.136. The highest BCUT2D eigenvalue weighted by molar-refractivity contribution is 5.93. The van der Waals surface area contributed by atoms with E-state index in [-0.39, 0.29) is 12.7 Å². The summed E-state index contributed by atoms with van der Waals surface area (Å²) in [5, 5.41) is 10.8. The maximum Gasteiger partial charge on any atom is 0.269 e. The van der Waals surface area contributed by atoms with Gasteiger partial charge in [-0.1, -0.05) is 18.2 Å². The van der Waals surface area contributed by atoms with Crippen molar-refractivity contribution in [2.45, 2.75) is 0 Å². The van der Waals surface area contributed by atoms with E-state index < -0.39 is 0 Å². The summed E-state index contributed by atoms with van der Waals surface area (Å²) in [4.78, 5) is 16.8. The lowest BCUT2D eigenvalue weighted by Gasteiger charge is -2.09. The fourth-order valence-electron chi connectivity index (χ4n) is 3.26. The summed E-state index contributed by atoms with van der Waals surface area (Å²) in [6.45, 7) is 0.884. The van der Waals surface area contributed by atoms with Crippen molar-refractivity contribution in [1.82, 2.24) is 20.5 Å². The molecule has 2 aromatic carbocycles. The van der Waals surface area contributed by atoms with Gasteiger partial charge in [0.1, 0.15) is 23.6 Å². The summed E-state index contributed by atoms with van der Waals surface area (Å²) in [6, 6.07) is 16.9. The molecule has 2 aromatic heterocycles. The molecule has 1 amide bonds. The molecule has 0 saturated carbocycles. The van der Waals surface area contributed by atoms with E-state index in [9.17, 15) is 4.79 Å². The Morgan fingerprint density at radius 3 is 2.97 bits per heavy atom. The van der Waals surface area contributed by atoms with Gasteiger partial charge in [-0.05, 0) is 36.4 Å². The quantitative estimate of drug-likeness (QED) is 0.481. The highest BCUT2D eigenvalue weighted by Gasteiger charge is 2.16. The molecule has 30 heavy (non-hydrogen) atoms. The Labute approximate surface area is 171 Å². The standard InChI is InChI=1S/C22H18N4O4/c27-22(24-9-10-28-19-5-1-3-14-4-2-8-23-21(14)19)17-12-16(25-26-17)15-6-7-18-20(11-15)30-13-29-18/h1-8,11-12H,9-10,13H2,(H,24,27)(H,25,26). The van der Waals surface area contributed by atoms with Gasteiger partial charge in [0.25, 0.3) is 5.91 Å². The molecule has 0 bridgehead atoms. The maximum absolute atomic E-state index is 12.4. The Kier molecular flexibility index (Phi) is 4.65. The first-order valence-electron chi connectivity index (χ1n) is 9.48. The van der Waals surface area contributed by atoms with E-state index in [1.807, 2.05) is 48.5 Å². The van der Waals surface area contributed by atoms with E-state index in [0.717, 1.165) is 16.5 Å². The van der Waals surface area contributed by atoms with E-state index in [2.05, 4.69) is 20.5 Å². The highest BCUT2D eigenvalue weighted by Crippen LogP contribution is 2.35. The van der Waals surface area contributed by atoms with Crippen LogP contribution in [0.5, 0.6) is 17.2 Å². The van der Waals surface area contributed by atoms with Crippen molar-refractivity contribution in [2.75, 3.05) is 19.9 Å². The minimum atomic E-state index is -0.255. The van der Waals surface area contributed by atoms with E-state index in [4.69, 9.17) is 14.2 Å². The highest BCUT2D eigenvalue weighted by atomic mass is 16.7. The Balaban J connectivity index is 1.18. The van der Waals surface area contributed by atoms with Gasteiger partial charge in [-0.2, -0.15) is 5.10 Å². The molecule has 1 aliphatic rings. The third-order valence-corrected chi connectivity index (χ3v) is 4.73. The minimum absolute atomic E-state index is 0.212. The van der Waals surface area contributed by atoms with Gasteiger partial charge in [-0.3, -0.25) is 14.9 Å². The molecule has 1 aliphatic heterocycles. The molecule has 0 unspecified atom stereocenters. The molecule has 0 radical (unpaired) electrons. The zero-order chi connectivity index (χ0) is 20.3. The number of fused-ring (bicyclic) bond motifs is 2. The second-order valence-corrected chi connectivity index (χ2v) is 6.67. The zero-order valence-corrected chi connectivity index (χ0v) is 15.9. The molecule has 8 nitrogen and oxygen atoms in total. The van der Waals surface area contributed by atoms with Crippen LogP contribution in [0.4, 0.5) is 0 Å². The number of ether oxygens (including phenoxy) is 3. The Bertz CT molecular complexity index is 1220. The summed E-state index contributed by atoms with van der Waals surface area (Å²) in [7, 11) is 0. The zero-order valence-electron chi connectivity index (χ0n) is 15.9. The van der Waals surface area contributed by atoms with Crippen molar-refractivity contribution in [2.24, 2.45) is 0 Å². The van der Waals surface area contributed by atoms with Gasteiger partial charge >= 0.3 is 0 Å². The lowest BCUT2D eigenvalue weighted by molar-refractivity contribution is 0.0942. The lowest BCUT2D eigenvalue weighted by Crippen LogP contribution is -2.28. The first-order valence-corrected chi connectivity index (χ1v) is 9.48. The molecule has 3 heterocycles. The predicted molar refractivity (Wildman–Crippen MR) is 110 cm³/mol. The number of aromatic amines is 1. The number of benzene rings is 2. The van der Waals surface area contributed by atoms with Crippen LogP contribution < -0.4 is 19.5 Å². The van der Waals surface area contributed by atoms with Crippen molar-refractivity contribution < 1.29 is 19.0 Å². The number of rotatable bonds is 6. The van der Waals surface area contributed by atoms with Crippen LogP contribution in [0.25, 0.3) is 22.2 Å². The van der Waals surface area contributed by atoms with E-state index in [1.165, 1.54) is 0 Å². The van der Waals surface area contributed by atoms with Gasteiger partial charge in [-0.25, -0.2) is 0 Å². The van der Waals surface area contributed by atoms with Crippen LogP contribution in [0.15, 0.2) is 60.8 Å².